The predicted octanol–water partition coefficient (Wildman–Crippen LogP) is 1.94. The molecule has 1 aromatic carbocycles. The lowest BCUT2D eigenvalue weighted by atomic mass is 10.1. The zero-order valence-corrected chi connectivity index (χ0v) is 11.1. The first-order valence-corrected chi connectivity index (χ1v) is 6.08. The van der Waals surface area contributed by atoms with Crippen molar-refractivity contribution in [2.24, 2.45) is 5.10 Å². The van der Waals surface area contributed by atoms with Crippen molar-refractivity contribution < 1.29 is 5.11 Å². The van der Waals surface area contributed by atoms with Crippen LogP contribution in [0.2, 0.25) is 0 Å². The highest BCUT2D eigenvalue weighted by molar-refractivity contribution is 7.80. The lowest BCUT2D eigenvalue weighted by Gasteiger charge is -2.05. The number of allylic oxidation sites excluding steroid dienone is 1. The summed E-state index contributed by atoms with van der Waals surface area (Å²) in [7, 11) is 0. The predicted molar refractivity (Wildman–Crippen MR) is 79.0 cm³/mol. The molecule has 0 heterocycles. The number of phenolic OH excluding ortho intramolecular Hbond substituents is 1. The molecule has 1 rings (SSSR count). The Balaban J connectivity index is 2.72. The molecule has 0 atom stereocenters. The van der Waals surface area contributed by atoms with Crippen LogP contribution in [0.1, 0.15) is 18.1 Å². The van der Waals surface area contributed by atoms with Gasteiger partial charge in [-0.25, -0.2) is 0 Å². The van der Waals surface area contributed by atoms with Gasteiger partial charge in [0.05, 0.1) is 6.21 Å². The van der Waals surface area contributed by atoms with E-state index in [1.807, 2.05) is 19.1 Å². The molecule has 0 spiro atoms. The first-order valence-electron chi connectivity index (χ1n) is 5.67. The Morgan fingerprint density at radius 2 is 2.33 bits per heavy atom. The van der Waals surface area contributed by atoms with E-state index in [1.165, 1.54) is 6.21 Å². The summed E-state index contributed by atoms with van der Waals surface area (Å²) in [6, 6.07) is 5.50. The van der Waals surface area contributed by atoms with Crippen LogP contribution in [0.15, 0.2) is 36.0 Å². The Kier molecular flexibility index (Phi) is 5.87. The highest BCUT2D eigenvalue weighted by Crippen LogP contribution is 2.21. The summed E-state index contributed by atoms with van der Waals surface area (Å²) >= 11 is 4.96. The standard InChI is InChI=1S/C13H17N3OS/c1-3-6-10-7-5-8-11(12(10)17)9-15-16-13(18)14-4-2/h3,5,7-9,17H,1,4,6H2,2H3,(H2,14,16,18)/b15-9+. The number of aromatic hydroxyl groups is 1. The smallest absolute Gasteiger partial charge is 0.186 e. The van der Waals surface area contributed by atoms with Crippen LogP contribution >= 0.6 is 12.2 Å². The molecule has 4 nitrogen and oxygen atoms in total. The van der Waals surface area contributed by atoms with E-state index in [1.54, 1.807) is 12.1 Å². The number of nitrogens with zero attached hydrogens (tertiary/aromatic N) is 1. The maximum Gasteiger partial charge on any atom is 0.186 e. The SMILES string of the molecule is C=CCc1cccc(/C=N/NC(=S)NCC)c1O. The van der Waals surface area contributed by atoms with Crippen molar-refractivity contribution >= 4 is 23.5 Å². The second kappa shape index (κ2) is 7.45. The molecule has 96 valence electrons. The maximum atomic E-state index is 9.97. The molecular weight excluding hydrogens is 246 g/mol. The van der Waals surface area contributed by atoms with Crippen molar-refractivity contribution in [1.29, 1.82) is 0 Å². The lowest BCUT2D eigenvalue weighted by Crippen LogP contribution is -2.31. The second-order valence-electron chi connectivity index (χ2n) is 3.58. The van der Waals surface area contributed by atoms with Gasteiger partial charge in [-0.05, 0) is 37.2 Å². The Hall–Kier alpha value is -1.88. The summed E-state index contributed by atoms with van der Waals surface area (Å²) in [5.41, 5.74) is 4.13. The highest BCUT2D eigenvalue weighted by Gasteiger charge is 2.03. The van der Waals surface area contributed by atoms with E-state index in [0.717, 1.165) is 12.1 Å². The van der Waals surface area contributed by atoms with Crippen LogP contribution in [0.3, 0.4) is 0 Å². The van der Waals surface area contributed by atoms with E-state index in [2.05, 4.69) is 22.4 Å². The minimum absolute atomic E-state index is 0.220. The highest BCUT2D eigenvalue weighted by atomic mass is 32.1. The van der Waals surface area contributed by atoms with Gasteiger partial charge in [0.1, 0.15) is 5.75 Å². The minimum atomic E-state index is 0.220. The van der Waals surface area contributed by atoms with Crippen LogP contribution in [0.4, 0.5) is 0 Å². The van der Waals surface area contributed by atoms with Crippen molar-refractivity contribution in [3.63, 3.8) is 0 Å². The third-order valence-electron chi connectivity index (χ3n) is 2.22. The third-order valence-corrected chi connectivity index (χ3v) is 2.46. The first-order chi connectivity index (χ1) is 8.69. The second-order valence-corrected chi connectivity index (χ2v) is 3.99. The van der Waals surface area contributed by atoms with Gasteiger partial charge >= 0.3 is 0 Å². The summed E-state index contributed by atoms with van der Waals surface area (Å²) < 4.78 is 0. The van der Waals surface area contributed by atoms with Gasteiger partial charge in [0.15, 0.2) is 5.11 Å². The van der Waals surface area contributed by atoms with Gasteiger partial charge in [0.25, 0.3) is 0 Å². The van der Waals surface area contributed by atoms with Crippen LogP contribution in [0.5, 0.6) is 5.75 Å². The van der Waals surface area contributed by atoms with Gasteiger partial charge in [-0.1, -0.05) is 18.2 Å². The molecule has 0 saturated heterocycles. The number of hydrazone groups is 1. The van der Waals surface area contributed by atoms with Crippen molar-refractivity contribution in [1.82, 2.24) is 10.7 Å². The van der Waals surface area contributed by atoms with Crippen LogP contribution in [-0.2, 0) is 6.42 Å². The number of phenols is 1. The molecule has 0 bridgehead atoms. The molecule has 3 N–H and O–H groups in total. The van der Waals surface area contributed by atoms with Crippen LogP contribution in [0, 0.1) is 0 Å². The monoisotopic (exact) mass is 263 g/mol. The van der Waals surface area contributed by atoms with Gasteiger partial charge < -0.3 is 10.4 Å². The fourth-order valence-corrected chi connectivity index (χ4v) is 1.59. The molecule has 0 aromatic heterocycles. The number of benzene rings is 1. The molecule has 0 fully saturated rings. The first kappa shape index (κ1) is 14.2. The van der Waals surface area contributed by atoms with Crippen LogP contribution in [0.25, 0.3) is 0 Å². The topological polar surface area (TPSA) is 56.7 Å². The van der Waals surface area contributed by atoms with E-state index in [0.29, 0.717) is 17.1 Å². The zero-order chi connectivity index (χ0) is 13.4. The summed E-state index contributed by atoms with van der Waals surface area (Å²) in [5, 5.41) is 17.3. The Morgan fingerprint density at radius 3 is 3.00 bits per heavy atom. The fourth-order valence-electron chi connectivity index (χ4n) is 1.40. The van der Waals surface area contributed by atoms with Crippen LogP contribution < -0.4 is 10.7 Å². The number of nitrogens with one attached hydrogen (secondary N) is 2. The molecule has 5 heteroatoms. The fraction of sp³-hybridized carbons (Fsp3) is 0.231. The van der Waals surface area contributed by atoms with Crippen molar-refractivity contribution in [2.45, 2.75) is 13.3 Å². The van der Waals surface area contributed by atoms with Gasteiger partial charge in [0, 0.05) is 12.1 Å². The largest absolute Gasteiger partial charge is 0.507 e. The van der Waals surface area contributed by atoms with Gasteiger partial charge in [-0.2, -0.15) is 5.10 Å². The molecule has 0 saturated carbocycles. The number of para-hydroxylation sites is 1. The van der Waals surface area contributed by atoms with Crippen molar-refractivity contribution in [3.05, 3.63) is 42.0 Å². The average molecular weight is 263 g/mol. The van der Waals surface area contributed by atoms with Gasteiger partial charge in [-0.3, -0.25) is 5.43 Å². The van der Waals surface area contributed by atoms with Gasteiger partial charge in [0.2, 0.25) is 0 Å². The van der Waals surface area contributed by atoms with E-state index >= 15 is 0 Å². The molecule has 0 amide bonds. The Labute approximate surface area is 112 Å². The summed E-state index contributed by atoms with van der Waals surface area (Å²) in [5.74, 6) is 0.220. The normalized spacial score (nSPS) is 10.3. The minimum Gasteiger partial charge on any atom is -0.507 e. The Bertz CT molecular complexity index is 458. The number of hydrogen-bond donors (Lipinski definition) is 3. The quantitative estimate of drug-likeness (QED) is 0.329. The van der Waals surface area contributed by atoms with E-state index in [9.17, 15) is 5.11 Å². The zero-order valence-electron chi connectivity index (χ0n) is 10.3. The average Bonchev–Trinajstić information content (AvgIpc) is 2.34. The number of hydrogen-bond acceptors (Lipinski definition) is 3. The molecule has 0 aliphatic rings. The van der Waals surface area contributed by atoms with Gasteiger partial charge in [-0.15, -0.1) is 6.58 Å². The summed E-state index contributed by atoms with van der Waals surface area (Å²) in [6.07, 6.45) is 3.90. The maximum absolute atomic E-state index is 9.97. The summed E-state index contributed by atoms with van der Waals surface area (Å²) in [4.78, 5) is 0. The molecule has 0 radical (unpaired) electrons. The molecule has 1 aromatic rings. The summed E-state index contributed by atoms with van der Waals surface area (Å²) in [6.45, 7) is 6.33. The molecular formula is C13H17N3OS. The van der Waals surface area contributed by atoms with Crippen molar-refractivity contribution in [2.75, 3.05) is 6.54 Å². The van der Waals surface area contributed by atoms with E-state index < -0.39 is 0 Å². The van der Waals surface area contributed by atoms with E-state index in [-0.39, 0.29) is 5.75 Å². The Morgan fingerprint density at radius 1 is 1.56 bits per heavy atom. The third kappa shape index (κ3) is 4.18. The number of thiocarbonyl (C=S) groups is 1. The lowest BCUT2D eigenvalue weighted by molar-refractivity contribution is 0.469. The molecule has 0 aliphatic heterocycles. The van der Waals surface area contributed by atoms with Crippen LogP contribution in [-0.4, -0.2) is 23.0 Å². The van der Waals surface area contributed by atoms with Crippen molar-refractivity contribution in [3.8, 4) is 5.75 Å². The number of rotatable bonds is 5. The molecule has 18 heavy (non-hydrogen) atoms. The molecule has 0 aliphatic carbocycles. The molecule has 0 unspecified atom stereocenters. The van der Waals surface area contributed by atoms with E-state index in [4.69, 9.17) is 12.2 Å².